The molecule has 11 heteroatoms. The Hall–Kier alpha value is -2.24. The van der Waals surface area contributed by atoms with Crippen molar-refractivity contribution in [1.82, 2.24) is 5.32 Å². The van der Waals surface area contributed by atoms with Crippen molar-refractivity contribution < 1.29 is 34.1 Å². The second-order valence-electron chi connectivity index (χ2n) is 5.60. The summed E-state index contributed by atoms with van der Waals surface area (Å²) >= 11 is 0. The quantitative estimate of drug-likeness (QED) is 0.255. The Kier molecular flexibility index (Phi) is 10.3. The van der Waals surface area contributed by atoms with Gasteiger partial charge in [0.05, 0.1) is 0 Å². The number of rotatable bonds is 8. The monoisotopic (exact) mass is 362 g/mol. The van der Waals surface area contributed by atoms with Crippen LogP contribution in [0, 0.1) is 0 Å². The van der Waals surface area contributed by atoms with Gasteiger partial charge in [-0.3, -0.25) is 19.2 Å². The van der Waals surface area contributed by atoms with Crippen molar-refractivity contribution in [3.05, 3.63) is 0 Å². The molecule has 11 nitrogen and oxygen atoms in total. The molecule has 1 amide bonds. The molecule has 1 heterocycles. The molecular formula is C14H26N4O7. The number of primary amides is 1. The zero-order valence-electron chi connectivity index (χ0n) is 14.0. The summed E-state index contributed by atoms with van der Waals surface area (Å²) in [6.07, 6.45) is 0.975. The molecule has 0 aromatic carbocycles. The van der Waals surface area contributed by atoms with E-state index in [0.29, 0.717) is 0 Å². The molecule has 1 saturated heterocycles. The number of carboxylic acid groups (broad SMARTS) is 2. The lowest BCUT2D eigenvalue weighted by molar-refractivity contribution is -0.155. The molecule has 9 N–H and O–H groups in total. The number of ether oxygens (including phenoxy) is 1. The summed E-state index contributed by atoms with van der Waals surface area (Å²) in [6.45, 7) is 2.27. The zero-order valence-corrected chi connectivity index (χ0v) is 14.0. The zero-order chi connectivity index (χ0) is 19.6. The molecule has 0 spiro atoms. The standard InChI is InChI=1S/C9H16N2O4.C5H10N2O3/c1-5(7(10)8(12)13)15-9(14)6-3-2-4-11-6;6-3(5(9)10)1-2-4(7)8/h5-7,11H,2-4,10H2,1H3,(H,12,13);3H,1-2,6H2,(H2,7,8)(H,9,10)/t5-,6+,7+;3-/m10/s1. The maximum Gasteiger partial charge on any atom is 0.324 e. The highest BCUT2D eigenvalue weighted by molar-refractivity contribution is 5.78. The van der Waals surface area contributed by atoms with Crippen LogP contribution in [0.4, 0.5) is 0 Å². The summed E-state index contributed by atoms with van der Waals surface area (Å²) in [4.78, 5) is 42.1. The van der Waals surface area contributed by atoms with Gasteiger partial charge in [0.2, 0.25) is 5.91 Å². The van der Waals surface area contributed by atoms with Crippen molar-refractivity contribution in [3.63, 3.8) is 0 Å². The van der Waals surface area contributed by atoms with Crippen molar-refractivity contribution in [2.75, 3.05) is 6.54 Å². The van der Waals surface area contributed by atoms with Crippen LogP contribution in [0.25, 0.3) is 0 Å². The summed E-state index contributed by atoms with van der Waals surface area (Å²) in [6, 6.07) is -2.46. The lowest BCUT2D eigenvalue weighted by Gasteiger charge is -2.19. The number of aliphatic carboxylic acids is 2. The van der Waals surface area contributed by atoms with Crippen LogP contribution in [0.5, 0.6) is 0 Å². The van der Waals surface area contributed by atoms with E-state index in [2.05, 4.69) is 5.32 Å². The molecule has 4 atom stereocenters. The summed E-state index contributed by atoms with van der Waals surface area (Å²) in [5.74, 6) is -3.23. The number of carbonyl (C=O) groups is 4. The fourth-order valence-corrected chi connectivity index (χ4v) is 1.85. The highest BCUT2D eigenvalue weighted by Crippen LogP contribution is 2.08. The molecule has 0 radical (unpaired) electrons. The summed E-state index contributed by atoms with van der Waals surface area (Å²) < 4.78 is 4.95. The number of amides is 1. The highest BCUT2D eigenvalue weighted by Gasteiger charge is 2.29. The molecule has 0 aliphatic carbocycles. The minimum Gasteiger partial charge on any atom is -0.480 e. The van der Waals surface area contributed by atoms with Crippen molar-refractivity contribution in [2.24, 2.45) is 17.2 Å². The van der Waals surface area contributed by atoms with Gasteiger partial charge in [-0.15, -0.1) is 0 Å². The van der Waals surface area contributed by atoms with Crippen LogP contribution in [0.1, 0.15) is 32.6 Å². The van der Waals surface area contributed by atoms with Crippen LogP contribution < -0.4 is 22.5 Å². The van der Waals surface area contributed by atoms with Crippen molar-refractivity contribution in [1.29, 1.82) is 0 Å². The van der Waals surface area contributed by atoms with Gasteiger partial charge in [0.15, 0.2) is 0 Å². The molecule has 1 aliphatic rings. The van der Waals surface area contributed by atoms with E-state index < -0.39 is 42.0 Å². The normalized spacial score (nSPS) is 19.7. The Morgan fingerprint density at radius 2 is 1.80 bits per heavy atom. The topological polar surface area (TPSA) is 208 Å². The lowest BCUT2D eigenvalue weighted by atomic mass is 10.2. The van der Waals surface area contributed by atoms with Crippen LogP contribution >= 0.6 is 0 Å². The predicted molar refractivity (Wildman–Crippen MR) is 86.2 cm³/mol. The molecular weight excluding hydrogens is 336 g/mol. The Labute approximate surface area is 144 Å². The van der Waals surface area contributed by atoms with Gasteiger partial charge >= 0.3 is 17.9 Å². The highest BCUT2D eigenvalue weighted by atomic mass is 16.5. The fraction of sp³-hybridized carbons (Fsp3) is 0.714. The number of esters is 1. The average Bonchev–Trinajstić information content (AvgIpc) is 3.06. The Morgan fingerprint density at radius 3 is 2.20 bits per heavy atom. The molecule has 0 bridgehead atoms. The van der Waals surface area contributed by atoms with Gasteiger partial charge in [0.1, 0.15) is 24.2 Å². The van der Waals surface area contributed by atoms with Gasteiger partial charge in [-0.25, -0.2) is 0 Å². The van der Waals surface area contributed by atoms with Gasteiger partial charge in [-0.2, -0.15) is 0 Å². The minimum atomic E-state index is -1.17. The molecule has 0 unspecified atom stereocenters. The second-order valence-corrected chi connectivity index (χ2v) is 5.60. The smallest absolute Gasteiger partial charge is 0.324 e. The first-order valence-corrected chi connectivity index (χ1v) is 7.75. The number of hydrogen-bond donors (Lipinski definition) is 6. The molecule has 0 aromatic rings. The number of carbonyl (C=O) groups excluding carboxylic acids is 2. The maximum absolute atomic E-state index is 11.4. The van der Waals surface area contributed by atoms with Crippen LogP contribution in [0.3, 0.4) is 0 Å². The first-order chi connectivity index (χ1) is 11.6. The molecule has 1 aliphatic heterocycles. The number of nitrogens with one attached hydrogen (secondary N) is 1. The molecule has 1 fully saturated rings. The molecule has 1 rings (SSSR count). The Morgan fingerprint density at radius 1 is 1.20 bits per heavy atom. The van der Waals surface area contributed by atoms with E-state index in [1.807, 2.05) is 0 Å². The van der Waals surface area contributed by atoms with E-state index in [0.717, 1.165) is 19.4 Å². The van der Waals surface area contributed by atoms with E-state index in [1.165, 1.54) is 6.92 Å². The van der Waals surface area contributed by atoms with Gasteiger partial charge in [-0.05, 0) is 32.7 Å². The molecule has 0 aromatic heterocycles. The van der Waals surface area contributed by atoms with E-state index in [4.69, 9.17) is 32.2 Å². The first-order valence-electron chi connectivity index (χ1n) is 7.75. The Balaban J connectivity index is 0.000000504. The van der Waals surface area contributed by atoms with E-state index in [1.54, 1.807) is 0 Å². The third-order valence-corrected chi connectivity index (χ3v) is 3.46. The summed E-state index contributed by atoms with van der Waals surface area (Å²) in [5, 5.41) is 19.8. The molecule has 0 saturated carbocycles. The third kappa shape index (κ3) is 9.59. The van der Waals surface area contributed by atoms with Crippen LogP contribution in [-0.2, 0) is 23.9 Å². The van der Waals surface area contributed by atoms with Crippen LogP contribution in [0.2, 0.25) is 0 Å². The van der Waals surface area contributed by atoms with Gasteiger partial charge < -0.3 is 37.5 Å². The average molecular weight is 362 g/mol. The van der Waals surface area contributed by atoms with Crippen LogP contribution in [0.15, 0.2) is 0 Å². The Bertz CT molecular complexity index is 480. The summed E-state index contributed by atoms with van der Waals surface area (Å²) in [5.41, 5.74) is 15.1. The SMILES string of the molecule is C[C@@H](OC(=O)[C@@H]1CCCN1)[C@H](N)C(=O)O.NC(=O)CC[C@H](N)C(=O)O. The predicted octanol–water partition coefficient (Wildman–Crippen LogP) is -2.25. The largest absolute Gasteiger partial charge is 0.480 e. The number of hydrogen-bond acceptors (Lipinski definition) is 8. The van der Waals surface area contributed by atoms with Gasteiger partial charge in [-0.1, -0.05) is 0 Å². The van der Waals surface area contributed by atoms with Gasteiger partial charge in [0, 0.05) is 6.42 Å². The van der Waals surface area contributed by atoms with Crippen LogP contribution in [-0.4, -0.2) is 64.8 Å². The van der Waals surface area contributed by atoms with Crippen molar-refractivity contribution in [3.8, 4) is 0 Å². The van der Waals surface area contributed by atoms with Crippen molar-refractivity contribution >= 4 is 23.8 Å². The minimum absolute atomic E-state index is 0.0213. The van der Waals surface area contributed by atoms with E-state index in [-0.39, 0.29) is 18.9 Å². The molecule has 144 valence electrons. The van der Waals surface area contributed by atoms with Crippen molar-refractivity contribution in [2.45, 2.75) is 56.8 Å². The van der Waals surface area contributed by atoms with E-state index >= 15 is 0 Å². The molecule has 25 heavy (non-hydrogen) atoms. The maximum atomic E-state index is 11.4. The van der Waals surface area contributed by atoms with E-state index in [9.17, 15) is 19.2 Å². The fourth-order valence-electron chi connectivity index (χ4n) is 1.85. The number of carboxylic acids is 2. The number of nitrogens with two attached hydrogens (primary N) is 3. The second kappa shape index (κ2) is 11.3. The first kappa shape index (κ1) is 22.8. The summed E-state index contributed by atoms with van der Waals surface area (Å²) in [7, 11) is 0. The lowest BCUT2D eigenvalue weighted by Crippen LogP contribution is -2.45. The van der Waals surface area contributed by atoms with Gasteiger partial charge in [0.25, 0.3) is 0 Å². The third-order valence-electron chi connectivity index (χ3n) is 3.46.